The van der Waals surface area contributed by atoms with Gasteiger partial charge in [0.25, 0.3) is 0 Å². The highest BCUT2D eigenvalue weighted by Gasteiger charge is 2.26. The van der Waals surface area contributed by atoms with E-state index in [4.69, 9.17) is 10.5 Å². The highest BCUT2D eigenvalue weighted by molar-refractivity contribution is 7.89. The summed E-state index contributed by atoms with van der Waals surface area (Å²) < 4.78 is 54.8. The summed E-state index contributed by atoms with van der Waals surface area (Å²) >= 11 is 0. The summed E-state index contributed by atoms with van der Waals surface area (Å²) in [5, 5.41) is 17.9. The first-order valence-electron chi connectivity index (χ1n) is 11.0. The summed E-state index contributed by atoms with van der Waals surface area (Å²) in [7, 11) is -7.55. The number of sulfonamides is 2. The number of nitrogens with zero attached hydrogens (tertiary/aromatic N) is 4. The minimum absolute atomic E-state index is 0.0567. The van der Waals surface area contributed by atoms with Crippen LogP contribution in [-0.2, 0) is 20.0 Å². The molecule has 0 radical (unpaired) electrons. The van der Waals surface area contributed by atoms with Crippen molar-refractivity contribution in [2.45, 2.75) is 49.3 Å². The third-order valence-corrected chi connectivity index (χ3v) is 9.15. The lowest BCUT2D eigenvalue weighted by Crippen LogP contribution is -2.35. The fourth-order valence-corrected chi connectivity index (χ4v) is 6.31. The lowest BCUT2D eigenvalue weighted by Gasteiger charge is -2.23. The minimum atomic E-state index is -3.77. The van der Waals surface area contributed by atoms with Crippen molar-refractivity contribution in [2.75, 3.05) is 26.2 Å². The second kappa shape index (κ2) is 12.6. The van der Waals surface area contributed by atoms with E-state index in [-0.39, 0.29) is 48.8 Å². The Balaban J connectivity index is 2.10. The molecule has 0 aliphatic heterocycles. The minimum Gasteiger partial charge on any atom is -0.207 e. The smallest absolute Gasteiger partial charge is 0.207 e. The Morgan fingerprint density at radius 2 is 0.941 bits per heavy atom. The van der Waals surface area contributed by atoms with Crippen molar-refractivity contribution in [3.05, 3.63) is 59.7 Å². The molecule has 0 aliphatic carbocycles. The van der Waals surface area contributed by atoms with Crippen LogP contribution in [0.2, 0.25) is 0 Å². The van der Waals surface area contributed by atoms with Gasteiger partial charge in [-0.15, -0.1) is 0 Å². The quantitative estimate of drug-likeness (QED) is 0.386. The standard InChI is InChI=1S/C24H30N4O4S2/c1-21-7-11-23(12-8-21)33(29,30)27(19-5-15-25)17-3-4-18-28(20-6-16-26)34(31,32)24-13-9-22(2)10-14-24/h7-14H,3-6,17-20H2,1-2H3. The van der Waals surface area contributed by atoms with Gasteiger partial charge in [0, 0.05) is 39.0 Å². The monoisotopic (exact) mass is 502 g/mol. The van der Waals surface area contributed by atoms with E-state index >= 15 is 0 Å². The maximum absolute atomic E-state index is 13.1. The van der Waals surface area contributed by atoms with E-state index in [1.54, 1.807) is 48.5 Å². The van der Waals surface area contributed by atoms with Crippen molar-refractivity contribution in [1.29, 1.82) is 10.5 Å². The van der Waals surface area contributed by atoms with Gasteiger partial charge in [-0.05, 0) is 51.0 Å². The Bertz CT molecular complexity index is 1130. The van der Waals surface area contributed by atoms with Gasteiger partial charge in [0.15, 0.2) is 0 Å². The third-order valence-electron chi connectivity index (χ3n) is 5.33. The van der Waals surface area contributed by atoms with Crippen molar-refractivity contribution >= 4 is 20.0 Å². The van der Waals surface area contributed by atoms with Crippen LogP contribution in [0, 0.1) is 36.5 Å². The summed E-state index contributed by atoms with van der Waals surface area (Å²) in [5.41, 5.74) is 1.88. The van der Waals surface area contributed by atoms with Gasteiger partial charge in [0.05, 0.1) is 21.9 Å². The molecule has 2 aromatic carbocycles. The first-order valence-corrected chi connectivity index (χ1v) is 13.9. The summed E-state index contributed by atoms with van der Waals surface area (Å²) in [6.45, 7) is 4.18. The predicted molar refractivity (Wildman–Crippen MR) is 130 cm³/mol. The SMILES string of the molecule is Cc1ccc(S(=O)(=O)N(CCC#N)CCCCN(CCC#N)S(=O)(=O)c2ccc(C)cc2)cc1. The number of unbranched alkanes of at least 4 members (excludes halogenated alkanes) is 1. The van der Waals surface area contributed by atoms with Gasteiger partial charge in [-0.3, -0.25) is 0 Å². The highest BCUT2D eigenvalue weighted by atomic mass is 32.2. The molecule has 0 heterocycles. The van der Waals surface area contributed by atoms with Crippen LogP contribution in [0.1, 0.15) is 36.8 Å². The van der Waals surface area contributed by atoms with Crippen molar-refractivity contribution in [2.24, 2.45) is 0 Å². The van der Waals surface area contributed by atoms with Gasteiger partial charge in [0.1, 0.15) is 0 Å². The molecule has 0 saturated heterocycles. The number of hydrogen-bond acceptors (Lipinski definition) is 6. The fourth-order valence-electron chi connectivity index (χ4n) is 3.35. The predicted octanol–water partition coefficient (Wildman–Crippen LogP) is 3.59. The zero-order chi connectivity index (χ0) is 25.2. The number of aryl methyl sites for hydroxylation is 2. The van der Waals surface area contributed by atoms with E-state index in [9.17, 15) is 16.8 Å². The molecule has 182 valence electrons. The van der Waals surface area contributed by atoms with E-state index < -0.39 is 20.0 Å². The van der Waals surface area contributed by atoms with Crippen molar-refractivity contribution in [3.8, 4) is 12.1 Å². The van der Waals surface area contributed by atoms with Crippen LogP contribution in [0.15, 0.2) is 58.3 Å². The van der Waals surface area contributed by atoms with E-state index in [1.807, 2.05) is 26.0 Å². The Kier molecular flexibility index (Phi) is 10.2. The molecule has 0 N–H and O–H groups in total. The lowest BCUT2D eigenvalue weighted by molar-refractivity contribution is 0.374. The molecule has 2 rings (SSSR count). The molecule has 0 aliphatic rings. The molecule has 0 spiro atoms. The topological polar surface area (TPSA) is 122 Å². The number of benzene rings is 2. The van der Waals surface area contributed by atoms with E-state index in [0.29, 0.717) is 12.8 Å². The van der Waals surface area contributed by atoms with Crippen molar-refractivity contribution < 1.29 is 16.8 Å². The summed E-state index contributed by atoms with van der Waals surface area (Å²) in [6, 6.07) is 17.0. The van der Waals surface area contributed by atoms with Crippen molar-refractivity contribution in [1.82, 2.24) is 8.61 Å². The summed E-state index contributed by atoms with van der Waals surface area (Å²) in [6.07, 6.45) is 0.925. The Morgan fingerprint density at radius 1 is 0.618 bits per heavy atom. The summed E-state index contributed by atoms with van der Waals surface area (Å²) in [4.78, 5) is 0.322. The maximum Gasteiger partial charge on any atom is 0.243 e. The van der Waals surface area contributed by atoms with E-state index in [2.05, 4.69) is 0 Å². The lowest BCUT2D eigenvalue weighted by atomic mass is 10.2. The molecule has 0 aromatic heterocycles. The Morgan fingerprint density at radius 3 is 1.24 bits per heavy atom. The molecule has 0 atom stereocenters. The van der Waals surface area contributed by atoms with Crippen LogP contribution in [-0.4, -0.2) is 51.6 Å². The first kappa shape index (κ1) is 27.5. The molecule has 10 heteroatoms. The molecular weight excluding hydrogens is 472 g/mol. The van der Waals surface area contributed by atoms with Gasteiger partial charge in [-0.2, -0.15) is 19.1 Å². The number of hydrogen-bond donors (Lipinski definition) is 0. The van der Waals surface area contributed by atoms with Gasteiger partial charge in [-0.1, -0.05) is 35.4 Å². The van der Waals surface area contributed by atoms with E-state index in [0.717, 1.165) is 11.1 Å². The van der Waals surface area contributed by atoms with Crippen LogP contribution < -0.4 is 0 Å². The molecule has 0 saturated carbocycles. The van der Waals surface area contributed by atoms with Gasteiger partial charge in [-0.25, -0.2) is 16.8 Å². The summed E-state index contributed by atoms with van der Waals surface area (Å²) in [5.74, 6) is 0. The largest absolute Gasteiger partial charge is 0.243 e. The normalized spacial score (nSPS) is 11.9. The second-order valence-corrected chi connectivity index (χ2v) is 11.8. The molecular formula is C24H30N4O4S2. The molecule has 0 bridgehead atoms. The van der Waals surface area contributed by atoms with Crippen LogP contribution in [0.25, 0.3) is 0 Å². The molecule has 0 fully saturated rings. The van der Waals surface area contributed by atoms with Crippen LogP contribution in [0.5, 0.6) is 0 Å². The third kappa shape index (κ3) is 7.37. The van der Waals surface area contributed by atoms with Crippen molar-refractivity contribution in [3.63, 3.8) is 0 Å². The number of nitriles is 2. The van der Waals surface area contributed by atoms with Crippen LogP contribution >= 0.6 is 0 Å². The zero-order valence-electron chi connectivity index (χ0n) is 19.5. The fraction of sp³-hybridized carbons (Fsp3) is 0.417. The van der Waals surface area contributed by atoms with Gasteiger partial charge < -0.3 is 0 Å². The highest BCUT2D eigenvalue weighted by Crippen LogP contribution is 2.20. The van der Waals surface area contributed by atoms with Gasteiger partial charge in [0.2, 0.25) is 20.0 Å². The first-order chi connectivity index (χ1) is 16.1. The average molecular weight is 503 g/mol. The zero-order valence-corrected chi connectivity index (χ0v) is 21.1. The molecule has 8 nitrogen and oxygen atoms in total. The Labute approximate surface area is 203 Å². The molecule has 0 unspecified atom stereocenters. The van der Waals surface area contributed by atoms with E-state index in [1.165, 1.54) is 8.61 Å². The number of rotatable bonds is 13. The molecule has 0 amide bonds. The van der Waals surface area contributed by atoms with Gasteiger partial charge >= 0.3 is 0 Å². The molecule has 2 aromatic rings. The van der Waals surface area contributed by atoms with Crippen LogP contribution in [0.3, 0.4) is 0 Å². The second-order valence-electron chi connectivity index (χ2n) is 7.96. The Hall–Kier alpha value is -2.76. The van der Waals surface area contributed by atoms with Crippen LogP contribution in [0.4, 0.5) is 0 Å². The average Bonchev–Trinajstić information content (AvgIpc) is 2.80. The maximum atomic E-state index is 13.1. The molecule has 34 heavy (non-hydrogen) atoms.